The molecule has 4 bridgehead atoms. The summed E-state index contributed by atoms with van der Waals surface area (Å²) in [6.45, 7) is 0. The third kappa shape index (κ3) is 2.34. The average molecular weight is 345 g/mol. The number of rotatable bonds is 3. The zero-order valence-corrected chi connectivity index (χ0v) is 14.5. The van der Waals surface area contributed by atoms with Crippen molar-refractivity contribution in [1.82, 2.24) is 10.2 Å². The van der Waals surface area contributed by atoms with E-state index in [0.717, 1.165) is 27.6 Å². The Morgan fingerprint density at radius 1 is 1.13 bits per heavy atom. The van der Waals surface area contributed by atoms with E-state index in [0.29, 0.717) is 5.13 Å². The second-order valence-corrected chi connectivity index (χ2v) is 9.47. The molecule has 1 amide bonds. The topological polar surface area (TPSA) is 54.9 Å². The molecule has 6 heteroatoms. The van der Waals surface area contributed by atoms with Crippen LogP contribution < -0.4 is 5.32 Å². The molecule has 4 saturated carbocycles. The van der Waals surface area contributed by atoms with E-state index >= 15 is 0 Å². The van der Waals surface area contributed by atoms with Gasteiger partial charge in [-0.3, -0.25) is 10.1 Å². The van der Waals surface area contributed by atoms with Crippen molar-refractivity contribution in [3.05, 3.63) is 27.4 Å². The highest BCUT2D eigenvalue weighted by molar-refractivity contribution is 7.16. The van der Waals surface area contributed by atoms with Crippen molar-refractivity contribution in [3.63, 3.8) is 0 Å². The smallest absolute Gasteiger partial charge is 0.267 e. The van der Waals surface area contributed by atoms with Gasteiger partial charge in [-0.05, 0) is 67.7 Å². The first-order valence-corrected chi connectivity index (χ1v) is 10.1. The van der Waals surface area contributed by atoms with Crippen molar-refractivity contribution < 1.29 is 4.79 Å². The predicted molar refractivity (Wildman–Crippen MR) is 92.0 cm³/mol. The van der Waals surface area contributed by atoms with Gasteiger partial charge in [0.15, 0.2) is 0 Å². The van der Waals surface area contributed by atoms with Crippen molar-refractivity contribution in [1.29, 1.82) is 0 Å². The molecule has 2 aromatic heterocycles. The van der Waals surface area contributed by atoms with E-state index in [-0.39, 0.29) is 11.3 Å². The maximum Gasteiger partial charge on any atom is 0.267 e. The molecule has 1 N–H and O–H groups in total. The summed E-state index contributed by atoms with van der Waals surface area (Å²) in [7, 11) is 0. The van der Waals surface area contributed by atoms with Gasteiger partial charge in [0, 0.05) is 5.41 Å². The van der Waals surface area contributed by atoms with Crippen molar-refractivity contribution in [2.45, 2.75) is 43.9 Å². The maximum absolute atomic E-state index is 12.2. The third-order valence-electron chi connectivity index (χ3n) is 5.88. The fourth-order valence-corrected chi connectivity index (χ4v) is 7.00. The van der Waals surface area contributed by atoms with Gasteiger partial charge in [-0.1, -0.05) is 17.4 Å². The second kappa shape index (κ2) is 5.11. The first kappa shape index (κ1) is 14.1. The van der Waals surface area contributed by atoms with Gasteiger partial charge < -0.3 is 0 Å². The Hall–Kier alpha value is -1.27. The standard InChI is InChI=1S/C17H19N3OS2/c21-14(13-2-1-3-22-13)18-16-20-19-15(23-16)17-7-10-4-11(8-17)6-12(5-10)9-17/h1-3,10-12H,4-9H2,(H,18,20,21). The molecule has 0 spiro atoms. The molecule has 0 radical (unpaired) electrons. The van der Waals surface area contributed by atoms with E-state index in [9.17, 15) is 4.79 Å². The lowest BCUT2D eigenvalue weighted by Crippen LogP contribution is -2.48. The molecule has 2 aromatic rings. The van der Waals surface area contributed by atoms with Crippen molar-refractivity contribution in [2.75, 3.05) is 5.32 Å². The van der Waals surface area contributed by atoms with E-state index in [1.54, 1.807) is 11.3 Å². The molecule has 2 heterocycles. The minimum atomic E-state index is -0.0757. The minimum absolute atomic E-state index is 0.0757. The zero-order chi connectivity index (χ0) is 15.4. The third-order valence-corrected chi connectivity index (χ3v) is 7.84. The molecule has 4 aliphatic rings. The molecule has 4 aliphatic carbocycles. The van der Waals surface area contributed by atoms with Crippen LogP contribution in [0.25, 0.3) is 0 Å². The summed E-state index contributed by atoms with van der Waals surface area (Å²) in [5.74, 6) is 2.62. The quantitative estimate of drug-likeness (QED) is 0.901. The Bertz CT molecular complexity index is 702. The van der Waals surface area contributed by atoms with Gasteiger partial charge in [-0.15, -0.1) is 21.5 Å². The van der Waals surface area contributed by atoms with E-state index in [1.165, 1.54) is 49.9 Å². The van der Waals surface area contributed by atoms with Gasteiger partial charge in [0.25, 0.3) is 5.91 Å². The van der Waals surface area contributed by atoms with Crippen LogP contribution in [0, 0.1) is 17.8 Å². The molecule has 120 valence electrons. The zero-order valence-electron chi connectivity index (χ0n) is 12.8. The number of carbonyl (C=O) groups is 1. The molecule has 4 nitrogen and oxygen atoms in total. The number of aromatic nitrogens is 2. The van der Waals surface area contributed by atoms with Gasteiger partial charge in [0.2, 0.25) is 5.13 Å². The number of hydrogen-bond donors (Lipinski definition) is 1. The lowest BCUT2D eigenvalue weighted by molar-refractivity contribution is -0.00555. The van der Waals surface area contributed by atoms with Crippen LogP contribution in [0.15, 0.2) is 17.5 Å². The van der Waals surface area contributed by atoms with Crippen molar-refractivity contribution in [2.24, 2.45) is 17.8 Å². The molecule has 0 aliphatic heterocycles. The van der Waals surface area contributed by atoms with Gasteiger partial charge in [0.1, 0.15) is 5.01 Å². The number of nitrogens with zero attached hydrogens (tertiary/aromatic N) is 2. The summed E-state index contributed by atoms with van der Waals surface area (Å²) in [4.78, 5) is 12.9. The number of nitrogens with one attached hydrogen (secondary N) is 1. The van der Waals surface area contributed by atoms with Crippen LogP contribution in [0.4, 0.5) is 5.13 Å². The highest BCUT2D eigenvalue weighted by atomic mass is 32.1. The summed E-state index contributed by atoms with van der Waals surface area (Å²) >= 11 is 3.05. The van der Waals surface area contributed by atoms with E-state index in [1.807, 2.05) is 17.5 Å². The molecular weight excluding hydrogens is 326 g/mol. The normalized spacial score (nSPS) is 34.7. The first-order chi connectivity index (χ1) is 11.2. The Morgan fingerprint density at radius 2 is 1.83 bits per heavy atom. The van der Waals surface area contributed by atoms with E-state index in [4.69, 9.17) is 0 Å². The van der Waals surface area contributed by atoms with Crippen LogP contribution in [0.5, 0.6) is 0 Å². The predicted octanol–water partition coefficient (Wildman–Crippen LogP) is 4.32. The summed E-state index contributed by atoms with van der Waals surface area (Å²) in [6.07, 6.45) is 8.14. The largest absolute Gasteiger partial charge is 0.296 e. The fourth-order valence-electron chi connectivity index (χ4n) is 5.43. The Labute approximate surface area is 143 Å². The second-order valence-electron chi connectivity index (χ2n) is 7.54. The molecule has 0 saturated heterocycles. The molecule has 23 heavy (non-hydrogen) atoms. The molecular formula is C17H19N3OS2. The molecule has 6 rings (SSSR count). The summed E-state index contributed by atoms with van der Waals surface area (Å²) in [5.41, 5.74) is 0.262. The number of hydrogen-bond acceptors (Lipinski definition) is 5. The van der Waals surface area contributed by atoms with Crippen LogP contribution in [0.3, 0.4) is 0 Å². The van der Waals surface area contributed by atoms with Crippen molar-refractivity contribution >= 4 is 33.7 Å². The SMILES string of the molecule is O=C(Nc1nnc(C23CC4CC(CC(C4)C2)C3)s1)c1cccs1. The van der Waals surface area contributed by atoms with Crippen LogP contribution in [0.1, 0.15) is 53.2 Å². The number of anilines is 1. The number of thiophene rings is 1. The van der Waals surface area contributed by atoms with Gasteiger partial charge >= 0.3 is 0 Å². The highest BCUT2D eigenvalue weighted by Crippen LogP contribution is 2.61. The lowest BCUT2D eigenvalue weighted by Gasteiger charge is -2.55. The Balaban J connectivity index is 1.38. The molecule has 4 fully saturated rings. The van der Waals surface area contributed by atoms with Crippen LogP contribution in [-0.2, 0) is 5.41 Å². The Morgan fingerprint density at radius 3 is 2.43 bits per heavy atom. The van der Waals surface area contributed by atoms with E-state index in [2.05, 4.69) is 15.5 Å². The molecule has 0 unspecified atom stereocenters. The summed E-state index contributed by atoms with van der Waals surface area (Å²) < 4.78 is 0. The van der Waals surface area contributed by atoms with Crippen LogP contribution in [0.2, 0.25) is 0 Å². The molecule has 0 aromatic carbocycles. The number of carbonyl (C=O) groups excluding carboxylic acids is 1. The highest BCUT2D eigenvalue weighted by Gasteiger charge is 2.53. The van der Waals surface area contributed by atoms with Crippen molar-refractivity contribution in [3.8, 4) is 0 Å². The Kier molecular flexibility index (Phi) is 3.14. The van der Waals surface area contributed by atoms with Gasteiger partial charge in [-0.25, -0.2) is 0 Å². The number of amides is 1. The minimum Gasteiger partial charge on any atom is -0.296 e. The average Bonchev–Trinajstić information content (AvgIpc) is 3.17. The van der Waals surface area contributed by atoms with Gasteiger partial charge in [0.05, 0.1) is 4.88 Å². The van der Waals surface area contributed by atoms with Crippen LogP contribution >= 0.6 is 22.7 Å². The maximum atomic E-state index is 12.2. The van der Waals surface area contributed by atoms with E-state index < -0.39 is 0 Å². The molecule has 0 atom stereocenters. The summed E-state index contributed by atoms with van der Waals surface area (Å²) in [5, 5.41) is 15.4. The first-order valence-electron chi connectivity index (χ1n) is 8.39. The van der Waals surface area contributed by atoms with Crippen LogP contribution in [-0.4, -0.2) is 16.1 Å². The monoisotopic (exact) mass is 345 g/mol. The van der Waals surface area contributed by atoms with Gasteiger partial charge in [-0.2, -0.15) is 0 Å². The fraction of sp³-hybridized carbons (Fsp3) is 0.588. The summed E-state index contributed by atoms with van der Waals surface area (Å²) in [6, 6.07) is 3.72. The lowest BCUT2D eigenvalue weighted by atomic mass is 9.50.